The van der Waals surface area contributed by atoms with Gasteiger partial charge in [-0.2, -0.15) is 36.4 Å². The molecular formula is C10H10Ti. The van der Waals surface area contributed by atoms with Crippen molar-refractivity contribution in [2.45, 2.75) is 0 Å². The first kappa shape index (κ1) is 10.4. The summed E-state index contributed by atoms with van der Waals surface area (Å²) in [6.45, 7) is 0. The summed E-state index contributed by atoms with van der Waals surface area (Å²) in [6, 6.07) is 20.0. The summed E-state index contributed by atoms with van der Waals surface area (Å²) < 4.78 is 0. The van der Waals surface area contributed by atoms with Crippen LogP contribution in [-0.2, 0) is 21.7 Å². The molecule has 0 aliphatic carbocycles. The van der Waals surface area contributed by atoms with E-state index in [0.717, 1.165) is 0 Å². The molecule has 0 nitrogen and oxygen atoms in total. The van der Waals surface area contributed by atoms with Crippen LogP contribution < -0.4 is 0 Å². The summed E-state index contributed by atoms with van der Waals surface area (Å²) in [5, 5.41) is 0. The van der Waals surface area contributed by atoms with Crippen molar-refractivity contribution in [1.82, 2.24) is 0 Å². The van der Waals surface area contributed by atoms with Gasteiger partial charge in [-0.3, -0.25) is 0 Å². The second-order valence-electron chi connectivity index (χ2n) is 1.92. The van der Waals surface area contributed by atoms with Gasteiger partial charge in [0.2, 0.25) is 0 Å². The smallest absolute Gasteiger partial charge is 0.214 e. The van der Waals surface area contributed by atoms with Gasteiger partial charge in [-0.05, 0) is 0 Å². The molecule has 0 fully saturated rings. The first-order valence-corrected chi connectivity index (χ1v) is 3.33. The fraction of sp³-hybridized carbons (Fsp3) is 0. The van der Waals surface area contributed by atoms with Gasteiger partial charge in [0.05, 0.1) is 0 Å². The van der Waals surface area contributed by atoms with Crippen molar-refractivity contribution in [2.24, 2.45) is 0 Å². The van der Waals surface area contributed by atoms with E-state index in [-0.39, 0.29) is 21.7 Å². The van der Waals surface area contributed by atoms with Gasteiger partial charge in [0.15, 0.2) is 0 Å². The molecule has 2 aromatic carbocycles. The Morgan fingerprint density at radius 3 is 0.909 bits per heavy atom. The minimum absolute atomic E-state index is 0. The van der Waals surface area contributed by atoms with E-state index in [9.17, 15) is 0 Å². The number of hydrogen-bond acceptors (Lipinski definition) is 0. The Morgan fingerprint density at radius 2 is 0.818 bits per heavy atom. The molecule has 54 valence electrons. The van der Waals surface area contributed by atoms with Crippen LogP contribution in [0.4, 0.5) is 0 Å². The van der Waals surface area contributed by atoms with E-state index in [1.807, 2.05) is 60.7 Å². The van der Waals surface area contributed by atoms with Crippen molar-refractivity contribution >= 4 is 0 Å². The molecule has 0 N–H and O–H groups in total. The van der Waals surface area contributed by atoms with Crippen molar-refractivity contribution in [3.05, 3.63) is 60.7 Å². The van der Waals surface area contributed by atoms with Crippen molar-refractivity contribution in [2.75, 3.05) is 0 Å². The molecule has 11 heavy (non-hydrogen) atoms. The molecule has 0 bridgehead atoms. The third-order valence-corrected chi connectivity index (χ3v) is 1.11. The summed E-state index contributed by atoms with van der Waals surface area (Å²) in [6.07, 6.45) is 0. The Morgan fingerprint density at radius 1 is 0.545 bits per heavy atom. The third kappa shape index (κ3) is 5.84. The predicted molar refractivity (Wildman–Crippen MR) is 44.1 cm³/mol. The van der Waals surface area contributed by atoms with Crippen LogP contribution in [0.3, 0.4) is 0 Å². The molecular weight excluding hydrogens is 168 g/mol. The van der Waals surface area contributed by atoms with Crippen LogP contribution in [0.5, 0.6) is 0 Å². The third-order valence-electron chi connectivity index (χ3n) is 1.11. The largest absolute Gasteiger partial charge is 2.00 e. The average molecular weight is 178 g/mol. The Hall–Kier alpha value is -0.586. The molecule has 2 rings (SSSR count). The van der Waals surface area contributed by atoms with Crippen LogP contribution >= 0.6 is 0 Å². The fourth-order valence-electron chi connectivity index (χ4n) is 0.642. The van der Waals surface area contributed by atoms with Gasteiger partial charge in [0.25, 0.3) is 0 Å². The van der Waals surface area contributed by atoms with Crippen molar-refractivity contribution in [3.8, 4) is 0 Å². The zero-order valence-electron chi connectivity index (χ0n) is 6.27. The van der Waals surface area contributed by atoms with E-state index >= 15 is 0 Å². The Balaban J connectivity index is 0.000000167. The van der Waals surface area contributed by atoms with Crippen LogP contribution in [0.15, 0.2) is 60.7 Å². The molecule has 2 aromatic rings. The van der Waals surface area contributed by atoms with Gasteiger partial charge in [-0.25, -0.2) is 24.3 Å². The molecule has 0 amide bonds. The molecule has 0 saturated heterocycles. The van der Waals surface area contributed by atoms with E-state index < -0.39 is 0 Å². The summed E-state index contributed by atoms with van der Waals surface area (Å²) in [5.41, 5.74) is 0. The van der Waals surface area contributed by atoms with Crippen LogP contribution in [0.25, 0.3) is 0 Å². The Kier molecular flexibility index (Phi) is 7.12. The van der Waals surface area contributed by atoms with Crippen LogP contribution in [0.2, 0.25) is 0 Å². The van der Waals surface area contributed by atoms with Gasteiger partial charge < -0.3 is 0 Å². The zero-order chi connectivity index (χ0) is 7.07. The normalized spacial score (nSPS) is 7.27. The Labute approximate surface area is 82.5 Å². The molecule has 0 unspecified atom stereocenters. The van der Waals surface area contributed by atoms with E-state index in [2.05, 4.69) is 0 Å². The van der Waals surface area contributed by atoms with Crippen LogP contribution in [0, 0.1) is 0 Å². The standard InChI is InChI=1S/2C5H5.Ti/c2*1-2-4-5-3-1;/h2*1-5H;/q2*-1;+2. The maximum absolute atomic E-state index is 2.00. The summed E-state index contributed by atoms with van der Waals surface area (Å²) >= 11 is 0. The molecule has 0 spiro atoms. The molecule has 0 aliphatic heterocycles. The fourth-order valence-corrected chi connectivity index (χ4v) is 0.642. The van der Waals surface area contributed by atoms with Crippen molar-refractivity contribution < 1.29 is 21.7 Å². The first-order valence-electron chi connectivity index (χ1n) is 3.33. The first-order chi connectivity index (χ1) is 5.00. The maximum Gasteiger partial charge on any atom is 2.00 e. The maximum atomic E-state index is 2.00. The van der Waals surface area contributed by atoms with Crippen LogP contribution in [-0.4, -0.2) is 0 Å². The van der Waals surface area contributed by atoms with E-state index in [0.29, 0.717) is 0 Å². The molecule has 0 aromatic heterocycles. The minimum Gasteiger partial charge on any atom is -0.214 e. The molecule has 0 atom stereocenters. The van der Waals surface area contributed by atoms with Crippen molar-refractivity contribution in [3.63, 3.8) is 0 Å². The molecule has 0 aliphatic rings. The Bertz CT molecular complexity index is 144. The van der Waals surface area contributed by atoms with Gasteiger partial charge in [0.1, 0.15) is 0 Å². The second kappa shape index (κ2) is 7.52. The van der Waals surface area contributed by atoms with Gasteiger partial charge in [0, 0.05) is 0 Å². The molecule has 0 radical (unpaired) electrons. The minimum atomic E-state index is 0. The van der Waals surface area contributed by atoms with Gasteiger partial charge in [-0.15, -0.1) is 0 Å². The molecule has 0 saturated carbocycles. The molecule has 1 heteroatoms. The number of hydrogen-bond donors (Lipinski definition) is 0. The quantitative estimate of drug-likeness (QED) is 0.429. The average Bonchev–Trinajstić information content (AvgIpc) is 2.67. The molecule has 0 heterocycles. The van der Waals surface area contributed by atoms with Gasteiger partial charge >= 0.3 is 21.7 Å². The predicted octanol–water partition coefficient (Wildman–Crippen LogP) is 2.81. The van der Waals surface area contributed by atoms with Gasteiger partial charge in [-0.1, -0.05) is 0 Å². The summed E-state index contributed by atoms with van der Waals surface area (Å²) in [7, 11) is 0. The SMILES string of the molecule is [Ti+2].c1cc[cH-]c1.c1cc[cH-]c1. The monoisotopic (exact) mass is 178 g/mol. The summed E-state index contributed by atoms with van der Waals surface area (Å²) in [4.78, 5) is 0. The van der Waals surface area contributed by atoms with Crippen LogP contribution in [0.1, 0.15) is 0 Å². The van der Waals surface area contributed by atoms with E-state index in [1.54, 1.807) is 0 Å². The second-order valence-corrected chi connectivity index (χ2v) is 1.92. The summed E-state index contributed by atoms with van der Waals surface area (Å²) in [5.74, 6) is 0. The number of rotatable bonds is 0. The zero-order valence-corrected chi connectivity index (χ0v) is 7.84. The topological polar surface area (TPSA) is 0 Å². The van der Waals surface area contributed by atoms with Crippen molar-refractivity contribution in [1.29, 1.82) is 0 Å². The van der Waals surface area contributed by atoms with E-state index in [4.69, 9.17) is 0 Å². The van der Waals surface area contributed by atoms with E-state index in [1.165, 1.54) is 0 Å².